The van der Waals surface area contributed by atoms with Crippen LogP contribution in [0.15, 0.2) is 67.0 Å². The van der Waals surface area contributed by atoms with E-state index in [4.69, 9.17) is 4.74 Å². The predicted octanol–water partition coefficient (Wildman–Crippen LogP) is 4.30. The van der Waals surface area contributed by atoms with Gasteiger partial charge in [-0.15, -0.1) is 0 Å². The van der Waals surface area contributed by atoms with Crippen LogP contribution in [0.5, 0.6) is 5.75 Å². The second-order valence-electron chi connectivity index (χ2n) is 7.16. The molecule has 30 heavy (non-hydrogen) atoms. The Bertz CT molecular complexity index is 918. The number of nitrogens with zero attached hydrogens (tertiary/aromatic N) is 3. The van der Waals surface area contributed by atoms with Crippen LogP contribution in [0.25, 0.3) is 11.1 Å². The van der Waals surface area contributed by atoms with Crippen molar-refractivity contribution in [3.05, 3.63) is 67.0 Å². The molecular weight excluding hydrogens is 376 g/mol. The Labute approximate surface area is 178 Å². The van der Waals surface area contributed by atoms with Gasteiger partial charge in [-0.25, -0.2) is 0 Å². The Morgan fingerprint density at radius 3 is 2.40 bits per heavy atom. The van der Waals surface area contributed by atoms with Gasteiger partial charge in [0, 0.05) is 12.7 Å². The number of amides is 1. The smallest absolute Gasteiger partial charge is 0.265 e. The molecule has 3 rings (SSSR count). The number of rotatable bonds is 10. The van der Waals surface area contributed by atoms with Crippen molar-refractivity contribution >= 4 is 11.6 Å². The molecule has 0 bridgehead atoms. The standard InChI is InChI=1S/C24H30N4O2/c1-4-27(5-2)15-16-28-18-22(17-25-28)26-24(29)19(3)30-23-13-11-21(12-14-23)20-9-7-6-8-10-20/h6-14,17-19H,4-5,15-16H2,1-3H3,(H,26,29). The van der Waals surface area contributed by atoms with Crippen molar-refractivity contribution in [1.29, 1.82) is 0 Å². The summed E-state index contributed by atoms with van der Waals surface area (Å²) in [6.45, 7) is 9.79. The molecule has 0 aliphatic carbocycles. The summed E-state index contributed by atoms with van der Waals surface area (Å²) in [6.07, 6.45) is 2.90. The van der Waals surface area contributed by atoms with Crippen molar-refractivity contribution in [2.24, 2.45) is 0 Å². The van der Waals surface area contributed by atoms with Crippen molar-refractivity contribution in [2.75, 3.05) is 25.0 Å². The minimum absolute atomic E-state index is 0.203. The van der Waals surface area contributed by atoms with Crippen molar-refractivity contribution in [3.63, 3.8) is 0 Å². The number of aromatic nitrogens is 2. The highest BCUT2D eigenvalue weighted by Gasteiger charge is 2.16. The first-order valence-electron chi connectivity index (χ1n) is 10.5. The fourth-order valence-electron chi connectivity index (χ4n) is 3.19. The number of hydrogen-bond acceptors (Lipinski definition) is 4. The third-order valence-corrected chi connectivity index (χ3v) is 5.08. The van der Waals surface area contributed by atoms with Crippen LogP contribution in [-0.2, 0) is 11.3 Å². The lowest BCUT2D eigenvalue weighted by Crippen LogP contribution is -2.30. The molecule has 1 aromatic heterocycles. The summed E-state index contributed by atoms with van der Waals surface area (Å²) in [5, 5.41) is 7.20. The van der Waals surface area contributed by atoms with Gasteiger partial charge < -0.3 is 15.0 Å². The summed E-state index contributed by atoms with van der Waals surface area (Å²) < 4.78 is 7.66. The van der Waals surface area contributed by atoms with E-state index in [1.807, 2.05) is 53.3 Å². The van der Waals surface area contributed by atoms with Gasteiger partial charge in [-0.1, -0.05) is 56.3 Å². The summed E-state index contributed by atoms with van der Waals surface area (Å²) in [4.78, 5) is 14.8. The molecule has 0 spiro atoms. The number of ether oxygens (including phenoxy) is 1. The molecule has 0 fully saturated rings. The molecule has 0 saturated heterocycles. The van der Waals surface area contributed by atoms with Gasteiger partial charge in [0.1, 0.15) is 5.75 Å². The average molecular weight is 407 g/mol. The number of nitrogens with one attached hydrogen (secondary N) is 1. The Morgan fingerprint density at radius 1 is 1.07 bits per heavy atom. The summed E-state index contributed by atoms with van der Waals surface area (Å²) in [7, 11) is 0. The fourth-order valence-corrected chi connectivity index (χ4v) is 3.19. The molecule has 158 valence electrons. The topological polar surface area (TPSA) is 59.4 Å². The third kappa shape index (κ3) is 5.94. The molecule has 3 aromatic rings. The van der Waals surface area contributed by atoms with Crippen LogP contribution < -0.4 is 10.1 Å². The van der Waals surface area contributed by atoms with Crippen LogP contribution in [0.2, 0.25) is 0 Å². The maximum Gasteiger partial charge on any atom is 0.265 e. The number of benzene rings is 2. The van der Waals surface area contributed by atoms with E-state index in [-0.39, 0.29) is 5.91 Å². The first-order chi connectivity index (χ1) is 14.6. The van der Waals surface area contributed by atoms with E-state index < -0.39 is 6.10 Å². The van der Waals surface area contributed by atoms with Crippen LogP contribution in [0.3, 0.4) is 0 Å². The van der Waals surface area contributed by atoms with Gasteiger partial charge in [0.2, 0.25) is 0 Å². The van der Waals surface area contributed by atoms with Gasteiger partial charge in [0.05, 0.1) is 18.4 Å². The minimum Gasteiger partial charge on any atom is -0.481 e. The Kier molecular flexibility index (Phi) is 7.63. The summed E-state index contributed by atoms with van der Waals surface area (Å²) in [6, 6.07) is 17.9. The quantitative estimate of drug-likeness (QED) is 0.545. The highest BCUT2D eigenvalue weighted by Crippen LogP contribution is 2.22. The fraction of sp³-hybridized carbons (Fsp3) is 0.333. The lowest BCUT2D eigenvalue weighted by atomic mass is 10.1. The number of hydrogen-bond donors (Lipinski definition) is 1. The van der Waals surface area contributed by atoms with Crippen LogP contribution in [0.4, 0.5) is 5.69 Å². The van der Waals surface area contributed by atoms with Crippen molar-refractivity contribution in [3.8, 4) is 16.9 Å². The van der Waals surface area contributed by atoms with E-state index in [0.717, 1.165) is 37.3 Å². The summed E-state index contributed by atoms with van der Waals surface area (Å²) in [5.74, 6) is 0.456. The van der Waals surface area contributed by atoms with Crippen LogP contribution in [-0.4, -0.2) is 46.3 Å². The number of likely N-dealkylation sites (N-methyl/N-ethyl adjacent to an activating group) is 1. The first kappa shape index (κ1) is 21.6. The Morgan fingerprint density at radius 2 is 1.73 bits per heavy atom. The van der Waals surface area contributed by atoms with Crippen LogP contribution >= 0.6 is 0 Å². The van der Waals surface area contributed by atoms with Crippen molar-refractivity contribution < 1.29 is 9.53 Å². The second-order valence-corrected chi connectivity index (χ2v) is 7.16. The molecule has 1 atom stereocenters. The zero-order chi connectivity index (χ0) is 21.3. The highest BCUT2D eigenvalue weighted by molar-refractivity contribution is 5.93. The Hall–Kier alpha value is -3.12. The summed E-state index contributed by atoms with van der Waals surface area (Å²) >= 11 is 0. The van der Waals surface area contributed by atoms with Gasteiger partial charge in [0.15, 0.2) is 6.10 Å². The first-order valence-corrected chi connectivity index (χ1v) is 10.5. The van der Waals surface area contributed by atoms with E-state index in [1.54, 1.807) is 13.1 Å². The monoisotopic (exact) mass is 406 g/mol. The molecule has 6 nitrogen and oxygen atoms in total. The van der Waals surface area contributed by atoms with E-state index in [0.29, 0.717) is 11.4 Å². The van der Waals surface area contributed by atoms with Gasteiger partial charge >= 0.3 is 0 Å². The molecule has 1 heterocycles. The number of carbonyl (C=O) groups excluding carboxylic acids is 1. The van der Waals surface area contributed by atoms with Crippen LogP contribution in [0.1, 0.15) is 20.8 Å². The zero-order valence-electron chi connectivity index (χ0n) is 17.9. The molecule has 0 aliphatic heterocycles. The maximum atomic E-state index is 12.5. The van der Waals surface area contributed by atoms with Gasteiger partial charge in [-0.2, -0.15) is 5.10 Å². The molecule has 6 heteroatoms. The lowest BCUT2D eigenvalue weighted by molar-refractivity contribution is -0.122. The molecule has 2 aromatic carbocycles. The molecule has 0 radical (unpaired) electrons. The number of carbonyl (C=O) groups is 1. The van der Waals surface area contributed by atoms with E-state index in [2.05, 4.69) is 41.3 Å². The third-order valence-electron chi connectivity index (χ3n) is 5.08. The molecule has 1 N–H and O–H groups in total. The van der Waals surface area contributed by atoms with Gasteiger partial charge in [-0.3, -0.25) is 9.48 Å². The SMILES string of the molecule is CCN(CC)CCn1cc(NC(=O)C(C)Oc2ccc(-c3ccccc3)cc2)cn1. The van der Waals surface area contributed by atoms with Crippen molar-refractivity contribution in [2.45, 2.75) is 33.4 Å². The average Bonchev–Trinajstić information content (AvgIpc) is 3.22. The second kappa shape index (κ2) is 10.6. The van der Waals surface area contributed by atoms with E-state index in [1.165, 1.54) is 0 Å². The lowest BCUT2D eigenvalue weighted by Gasteiger charge is -2.17. The minimum atomic E-state index is -0.619. The normalized spacial score (nSPS) is 12.0. The zero-order valence-corrected chi connectivity index (χ0v) is 17.9. The van der Waals surface area contributed by atoms with Crippen LogP contribution in [0, 0.1) is 0 Å². The van der Waals surface area contributed by atoms with Gasteiger partial charge in [-0.05, 0) is 43.3 Å². The summed E-state index contributed by atoms with van der Waals surface area (Å²) in [5.41, 5.74) is 2.93. The van der Waals surface area contributed by atoms with E-state index >= 15 is 0 Å². The molecule has 0 aliphatic rings. The van der Waals surface area contributed by atoms with E-state index in [9.17, 15) is 4.79 Å². The molecule has 0 saturated carbocycles. The Balaban J connectivity index is 1.51. The molecule has 1 amide bonds. The number of anilines is 1. The maximum absolute atomic E-state index is 12.5. The predicted molar refractivity (Wildman–Crippen MR) is 121 cm³/mol. The largest absolute Gasteiger partial charge is 0.481 e. The van der Waals surface area contributed by atoms with Gasteiger partial charge in [0.25, 0.3) is 5.91 Å². The molecule has 1 unspecified atom stereocenters. The highest BCUT2D eigenvalue weighted by atomic mass is 16.5. The molecular formula is C24H30N4O2. The van der Waals surface area contributed by atoms with Crippen molar-refractivity contribution in [1.82, 2.24) is 14.7 Å².